The minimum absolute atomic E-state index is 0.0913. The van der Waals surface area contributed by atoms with Crippen LogP contribution in [0, 0.1) is 13.8 Å². The number of hydrogen-bond donors (Lipinski definition) is 0. The third kappa shape index (κ3) is 3.62. The SMILES string of the molecule is Cc1cc(C(=O)N(C)Cc2ccccc2N2CCOCC2)c(C)s1. The highest BCUT2D eigenvalue weighted by molar-refractivity contribution is 7.12. The molecule has 1 aromatic heterocycles. The van der Waals surface area contributed by atoms with Crippen LogP contribution >= 0.6 is 11.3 Å². The number of morpholine rings is 1. The van der Waals surface area contributed by atoms with Crippen molar-refractivity contribution >= 4 is 22.9 Å². The first-order chi connectivity index (χ1) is 11.6. The lowest BCUT2D eigenvalue weighted by Crippen LogP contribution is -2.37. The molecule has 0 unspecified atom stereocenters. The number of hydrogen-bond acceptors (Lipinski definition) is 4. The lowest BCUT2D eigenvalue weighted by atomic mass is 10.1. The van der Waals surface area contributed by atoms with Gasteiger partial charge in [-0.25, -0.2) is 0 Å². The summed E-state index contributed by atoms with van der Waals surface area (Å²) < 4.78 is 5.45. The molecular formula is C19H24N2O2S. The molecule has 0 spiro atoms. The van der Waals surface area contributed by atoms with E-state index in [2.05, 4.69) is 23.1 Å². The van der Waals surface area contributed by atoms with Crippen LogP contribution in [0.4, 0.5) is 5.69 Å². The van der Waals surface area contributed by atoms with E-state index in [9.17, 15) is 4.79 Å². The Kier molecular flexibility index (Phi) is 5.21. The van der Waals surface area contributed by atoms with E-state index in [1.165, 1.54) is 16.1 Å². The number of ether oxygens (including phenoxy) is 1. The van der Waals surface area contributed by atoms with E-state index in [-0.39, 0.29) is 5.91 Å². The summed E-state index contributed by atoms with van der Waals surface area (Å²) in [7, 11) is 1.88. The Bertz CT molecular complexity index is 720. The van der Waals surface area contributed by atoms with Crippen molar-refractivity contribution in [2.45, 2.75) is 20.4 Å². The topological polar surface area (TPSA) is 32.8 Å². The molecule has 128 valence electrons. The number of nitrogens with zero attached hydrogens (tertiary/aromatic N) is 2. The molecule has 0 atom stereocenters. The number of thiophene rings is 1. The van der Waals surface area contributed by atoms with Crippen LogP contribution < -0.4 is 4.90 Å². The van der Waals surface area contributed by atoms with E-state index in [4.69, 9.17) is 4.74 Å². The Morgan fingerprint density at radius 2 is 1.96 bits per heavy atom. The molecule has 24 heavy (non-hydrogen) atoms. The summed E-state index contributed by atoms with van der Waals surface area (Å²) in [4.78, 5) is 19.2. The molecule has 5 heteroatoms. The highest BCUT2D eigenvalue weighted by atomic mass is 32.1. The van der Waals surface area contributed by atoms with Crippen LogP contribution in [0.1, 0.15) is 25.7 Å². The second-order valence-electron chi connectivity index (χ2n) is 6.22. The fraction of sp³-hybridized carbons (Fsp3) is 0.421. The van der Waals surface area contributed by atoms with Gasteiger partial charge in [-0.05, 0) is 31.5 Å². The van der Waals surface area contributed by atoms with Gasteiger partial charge in [0.2, 0.25) is 0 Å². The summed E-state index contributed by atoms with van der Waals surface area (Å²) in [6.07, 6.45) is 0. The number of carbonyl (C=O) groups excluding carboxylic acids is 1. The lowest BCUT2D eigenvalue weighted by Gasteiger charge is -2.31. The van der Waals surface area contributed by atoms with Gasteiger partial charge in [0.05, 0.1) is 18.8 Å². The average molecular weight is 344 g/mol. The number of para-hydroxylation sites is 1. The van der Waals surface area contributed by atoms with Crippen LogP contribution in [0.15, 0.2) is 30.3 Å². The van der Waals surface area contributed by atoms with Crippen molar-refractivity contribution in [3.8, 4) is 0 Å². The zero-order valence-corrected chi connectivity index (χ0v) is 15.4. The summed E-state index contributed by atoms with van der Waals surface area (Å²) >= 11 is 1.68. The van der Waals surface area contributed by atoms with Gasteiger partial charge in [0, 0.05) is 42.1 Å². The van der Waals surface area contributed by atoms with E-state index in [0.29, 0.717) is 6.54 Å². The molecule has 1 aliphatic heterocycles. The van der Waals surface area contributed by atoms with Gasteiger partial charge in [0.1, 0.15) is 0 Å². The molecule has 0 bridgehead atoms. The predicted molar refractivity (Wildman–Crippen MR) is 99.1 cm³/mol. The zero-order valence-electron chi connectivity index (χ0n) is 14.5. The van der Waals surface area contributed by atoms with Crippen LogP contribution in [0.2, 0.25) is 0 Å². The van der Waals surface area contributed by atoms with Crippen molar-refractivity contribution in [1.29, 1.82) is 0 Å². The number of aryl methyl sites for hydroxylation is 2. The molecule has 1 aliphatic rings. The van der Waals surface area contributed by atoms with Gasteiger partial charge in [0.25, 0.3) is 5.91 Å². The molecule has 0 radical (unpaired) electrons. The van der Waals surface area contributed by atoms with Gasteiger partial charge in [-0.15, -0.1) is 11.3 Å². The molecule has 2 aromatic rings. The van der Waals surface area contributed by atoms with E-state index in [0.717, 1.165) is 36.7 Å². The van der Waals surface area contributed by atoms with Gasteiger partial charge >= 0.3 is 0 Å². The maximum Gasteiger partial charge on any atom is 0.255 e. The molecule has 0 aliphatic carbocycles. The molecule has 1 saturated heterocycles. The van der Waals surface area contributed by atoms with Crippen LogP contribution in [0.25, 0.3) is 0 Å². The first-order valence-electron chi connectivity index (χ1n) is 8.29. The Labute approximate surface area is 147 Å². The Morgan fingerprint density at radius 1 is 1.25 bits per heavy atom. The number of amides is 1. The fourth-order valence-corrected chi connectivity index (χ4v) is 4.05. The summed E-state index contributed by atoms with van der Waals surface area (Å²) in [6.45, 7) is 7.99. The molecule has 0 N–H and O–H groups in total. The Morgan fingerprint density at radius 3 is 2.62 bits per heavy atom. The van der Waals surface area contributed by atoms with Crippen LogP contribution in [0.5, 0.6) is 0 Å². The van der Waals surface area contributed by atoms with Gasteiger partial charge in [0.15, 0.2) is 0 Å². The maximum atomic E-state index is 12.8. The number of rotatable bonds is 4. The molecule has 2 heterocycles. The largest absolute Gasteiger partial charge is 0.378 e. The second-order valence-corrected chi connectivity index (χ2v) is 7.68. The van der Waals surface area contributed by atoms with Crippen LogP contribution in [-0.2, 0) is 11.3 Å². The van der Waals surface area contributed by atoms with Crippen molar-refractivity contribution in [2.75, 3.05) is 38.3 Å². The molecule has 1 amide bonds. The smallest absolute Gasteiger partial charge is 0.255 e. The monoisotopic (exact) mass is 344 g/mol. The van der Waals surface area contributed by atoms with Crippen molar-refractivity contribution in [3.63, 3.8) is 0 Å². The van der Waals surface area contributed by atoms with E-state index in [1.54, 1.807) is 11.3 Å². The molecular weight excluding hydrogens is 320 g/mol. The van der Waals surface area contributed by atoms with E-state index < -0.39 is 0 Å². The summed E-state index contributed by atoms with van der Waals surface area (Å²) in [5.74, 6) is 0.0913. The minimum atomic E-state index is 0.0913. The number of anilines is 1. The predicted octanol–water partition coefficient (Wildman–Crippen LogP) is 3.47. The highest BCUT2D eigenvalue weighted by Crippen LogP contribution is 2.25. The highest BCUT2D eigenvalue weighted by Gasteiger charge is 2.19. The summed E-state index contributed by atoms with van der Waals surface area (Å²) in [5, 5.41) is 0. The van der Waals surface area contributed by atoms with Gasteiger partial charge in [-0.2, -0.15) is 0 Å². The third-order valence-corrected chi connectivity index (χ3v) is 5.33. The standard InChI is InChI=1S/C19H24N2O2S/c1-14-12-17(15(2)24-14)19(22)20(3)13-16-6-4-5-7-18(16)21-8-10-23-11-9-21/h4-7,12H,8-11,13H2,1-3H3. The normalized spacial score (nSPS) is 14.7. The summed E-state index contributed by atoms with van der Waals surface area (Å²) in [6, 6.07) is 10.3. The van der Waals surface area contributed by atoms with Gasteiger partial charge in [-0.1, -0.05) is 18.2 Å². The van der Waals surface area contributed by atoms with Crippen molar-refractivity contribution in [2.24, 2.45) is 0 Å². The summed E-state index contributed by atoms with van der Waals surface area (Å²) in [5.41, 5.74) is 3.21. The molecule has 1 fully saturated rings. The van der Waals surface area contributed by atoms with Crippen LogP contribution in [0.3, 0.4) is 0 Å². The second kappa shape index (κ2) is 7.36. The fourth-order valence-electron chi connectivity index (χ4n) is 3.13. The van der Waals surface area contributed by atoms with Crippen LogP contribution in [-0.4, -0.2) is 44.2 Å². The van der Waals surface area contributed by atoms with Gasteiger partial charge in [-0.3, -0.25) is 4.79 Å². The van der Waals surface area contributed by atoms with Gasteiger partial charge < -0.3 is 14.5 Å². The average Bonchev–Trinajstić information content (AvgIpc) is 2.93. The zero-order chi connectivity index (χ0) is 17.1. The molecule has 3 rings (SSSR count). The van der Waals surface area contributed by atoms with E-state index >= 15 is 0 Å². The Hall–Kier alpha value is -1.85. The molecule has 1 aromatic carbocycles. The lowest BCUT2D eigenvalue weighted by molar-refractivity contribution is 0.0784. The first-order valence-corrected chi connectivity index (χ1v) is 9.11. The minimum Gasteiger partial charge on any atom is -0.378 e. The Balaban J connectivity index is 1.78. The van der Waals surface area contributed by atoms with Crippen molar-refractivity contribution < 1.29 is 9.53 Å². The third-order valence-electron chi connectivity index (χ3n) is 4.37. The van der Waals surface area contributed by atoms with E-state index in [1.807, 2.05) is 37.9 Å². The maximum absolute atomic E-state index is 12.8. The number of carbonyl (C=O) groups is 1. The molecule has 4 nitrogen and oxygen atoms in total. The van der Waals surface area contributed by atoms with Crippen molar-refractivity contribution in [3.05, 3.63) is 51.2 Å². The van der Waals surface area contributed by atoms with Crippen molar-refractivity contribution in [1.82, 2.24) is 4.90 Å². The quantitative estimate of drug-likeness (QED) is 0.851. The number of benzene rings is 1. The first kappa shape index (κ1) is 17.0. The molecule has 0 saturated carbocycles.